The van der Waals surface area contributed by atoms with Gasteiger partial charge in [-0.2, -0.15) is 0 Å². The van der Waals surface area contributed by atoms with Crippen LogP contribution in [0.1, 0.15) is 26.2 Å². The van der Waals surface area contributed by atoms with Gasteiger partial charge in [0.2, 0.25) is 0 Å². The summed E-state index contributed by atoms with van der Waals surface area (Å²) in [5, 5.41) is 20.0. The average molecular weight is 285 g/mol. The molecule has 0 unspecified atom stereocenters. The molecule has 3 atom stereocenters. The van der Waals surface area contributed by atoms with Crippen molar-refractivity contribution in [1.29, 1.82) is 0 Å². The van der Waals surface area contributed by atoms with Crippen LogP contribution in [0.2, 0.25) is 4.82 Å². The molecule has 0 aliphatic heterocycles. The monoisotopic (exact) mass is 286 g/mol. The molecule has 0 bridgehead atoms. The van der Waals surface area contributed by atoms with E-state index in [0.717, 1.165) is 12.8 Å². The Kier molecular flexibility index (Phi) is 3.70. The quantitative estimate of drug-likeness (QED) is 0.799. The van der Waals surface area contributed by atoms with Gasteiger partial charge in [-0.15, -0.1) is 0 Å². The third-order valence-corrected chi connectivity index (χ3v) is 6.39. The van der Waals surface area contributed by atoms with E-state index < -0.39 is 5.60 Å². The van der Waals surface area contributed by atoms with Gasteiger partial charge in [0, 0.05) is 0 Å². The molecular formula is C13H18O2Se. The molecule has 1 fully saturated rings. The fourth-order valence-corrected chi connectivity index (χ4v) is 4.87. The van der Waals surface area contributed by atoms with Gasteiger partial charge in [-0.25, -0.2) is 0 Å². The van der Waals surface area contributed by atoms with Crippen LogP contribution in [0, 0.1) is 0 Å². The van der Waals surface area contributed by atoms with Crippen molar-refractivity contribution in [3.63, 3.8) is 0 Å². The molecule has 2 rings (SSSR count). The Morgan fingerprint density at radius 2 is 2.00 bits per heavy atom. The van der Waals surface area contributed by atoms with E-state index in [9.17, 15) is 10.2 Å². The zero-order chi connectivity index (χ0) is 11.6. The zero-order valence-electron chi connectivity index (χ0n) is 9.47. The van der Waals surface area contributed by atoms with Crippen molar-refractivity contribution >= 4 is 19.4 Å². The predicted octanol–water partition coefficient (Wildman–Crippen LogP) is 1.10. The van der Waals surface area contributed by atoms with Crippen LogP contribution in [0.15, 0.2) is 30.3 Å². The van der Waals surface area contributed by atoms with Gasteiger partial charge in [0.25, 0.3) is 0 Å². The van der Waals surface area contributed by atoms with E-state index in [1.165, 1.54) is 4.46 Å². The summed E-state index contributed by atoms with van der Waals surface area (Å²) < 4.78 is 1.30. The van der Waals surface area contributed by atoms with Gasteiger partial charge in [0.15, 0.2) is 0 Å². The van der Waals surface area contributed by atoms with Gasteiger partial charge in [-0.05, 0) is 0 Å². The fourth-order valence-electron chi connectivity index (χ4n) is 2.08. The molecule has 0 radical (unpaired) electrons. The molecule has 0 spiro atoms. The molecule has 1 aliphatic carbocycles. The first kappa shape index (κ1) is 12.1. The van der Waals surface area contributed by atoms with Gasteiger partial charge < -0.3 is 0 Å². The van der Waals surface area contributed by atoms with E-state index >= 15 is 0 Å². The van der Waals surface area contributed by atoms with E-state index in [2.05, 4.69) is 12.1 Å². The molecule has 1 aliphatic rings. The van der Waals surface area contributed by atoms with Crippen molar-refractivity contribution in [3.8, 4) is 0 Å². The second kappa shape index (κ2) is 4.89. The third kappa shape index (κ3) is 2.86. The second-order valence-corrected chi connectivity index (χ2v) is 7.38. The Morgan fingerprint density at radius 1 is 1.31 bits per heavy atom. The molecule has 3 heteroatoms. The molecule has 1 aromatic carbocycles. The summed E-state index contributed by atoms with van der Waals surface area (Å²) in [5.74, 6) is 0. The molecule has 0 aromatic heterocycles. The van der Waals surface area contributed by atoms with Crippen molar-refractivity contribution in [2.24, 2.45) is 0 Å². The topological polar surface area (TPSA) is 40.5 Å². The number of aliphatic hydroxyl groups excluding tert-OH is 1. The Labute approximate surface area is 103 Å². The van der Waals surface area contributed by atoms with Crippen LogP contribution < -0.4 is 4.46 Å². The van der Waals surface area contributed by atoms with Crippen molar-refractivity contribution < 1.29 is 10.2 Å². The number of hydrogen-bond donors (Lipinski definition) is 2. The normalized spacial score (nSPS) is 34.9. The first-order chi connectivity index (χ1) is 7.58. The van der Waals surface area contributed by atoms with Crippen LogP contribution in [-0.2, 0) is 0 Å². The number of hydrogen-bond acceptors (Lipinski definition) is 2. The Morgan fingerprint density at radius 3 is 2.69 bits per heavy atom. The van der Waals surface area contributed by atoms with Crippen LogP contribution in [0.4, 0.5) is 0 Å². The molecule has 2 N–H and O–H groups in total. The Bertz CT molecular complexity index is 337. The van der Waals surface area contributed by atoms with Gasteiger partial charge in [0.05, 0.1) is 0 Å². The first-order valence-corrected chi connectivity index (χ1v) is 7.54. The van der Waals surface area contributed by atoms with E-state index in [1.54, 1.807) is 0 Å². The van der Waals surface area contributed by atoms with Gasteiger partial charge in [-0.3, -0.25) is 0 Å². The molecule has 1 saturated carbocycles. The molecule has 88 valence electrons. The molecule has 2 nitrogen and oxygen atoms in total. The standard InChI is InChI=1S/C13H18O2Se/c1-13(15)8-7-10(14)9-12(13)16-11-5-3-2-4-6-11/h2-6,10,12,14-15H,7-9H2,1H3/t10-,12-,13-/m1/s1. The average Bonchev–Trinajstić information content (AvgIpc) is 2.26. The van der Waals surface area contributed by atoms with E-state index in [0.29, 0.717) is 6.42 Å². The van der Waals surface area contributed by atoms with Crippen LogP contribution in [0.25, 0.3) is 0 Å². The molecular weight excluding hydrogens is 267 g/mol. The number of aliphatic hydroxyl groups is 2. The van der Waals surface area contributed by atoms with Crippen molar-refractivity contribution in [2.75, 3.05) is 0 Å². The van der Waals surface area contributed by atoms with Crippen LogP contribution in [0.5, 0.6) is 0 Å². The molecule has 16 heavy (non-hydrogen) atoms. The van der Waals surface area contributed by atoms with E-state index in [4.69, 9.17) is 0 Å². The maximum absolute atomic E-state index is 10.3. The number of rotatable bonds is 2. The summed E-state index contributed by atoms with van der Waals surface area (Å²) in [7, 11) is 0. The summed E-state index contributed by atoms with van der Waals surface area (Å²) in [4.78, 5) is 0.228. The molecule has 0 heterocycles. The Hall–Kier alpha value is -0.341. The number of benzene rings is 1. The van der Waals surface area contributed by atoms with Gasteiger partial charge in [0.1, 0.15) is 0 Å². The van der Waals surface area contributed by atoms with Crippen molar-refractivity contribution in [1.82, 2.24) is 0 Å². The van der Waals surface area contributed by atoms with Crippen molar-refractivity contribution in [2.45, 2.75) is 42.7 Å². The van der Waals surface area contributed by atoms with E-state index in [-0.39, 0.29) is 25.9 Å². The predicted molar refractivity (Wildman–Crippen MR) is 66.1 cm³/mol. The zero-order valence-corrected chi connectivity index (χ0v) is 11.2. The summed E-state index contributed by atoms with van der Waals surface area (Å²) in [6.45, 7) is 1.91. The summed E-state index contributed by atoms with van der Waals surface area (Å²) >= 11 is 0.242. The van der Waals surface area contributed by atoms with Crippen LogP contribution in [0.3, 0.4) is 0 Å². The summed E-state index contributed by atoms with van der Waals surface area (Å²) in [6.07, 6.45) is 1.96. The minimum absolute atomic E-state index is 0.226. The summed E-state index contributed by atoms with van der Waals surface area (Å²) in [6, 6.07) is 10.3. The molecule has 1 aromatic rings. The fraction of sp³-hybridized carbons (Fsp3) is 0.538. The van der Waals surface area contributed by atoms with Gasteiger partial charge >= 0.3 is 103 Å². The summed E-state index contributed by atoms with van der Waals surface area (Å²) in [5.41, 5.74) is -0.602. The van der Waals surface area contributed by atoms with Gasteiger partial charge in [-0.1, -0.05) is 0 Å². The second-order valence-electron chi connectivity index (χ2n) is 4.70. The SMILES string of the molecule is C[C@@]1(O)CC[C@@H](O)C[C@H]1[Se]c1ccccc1. The minimum atomic E-state index is -0.602. The molecule has 0 saturated heterocycles. The molecule has 0 amide bonds. The van der Waals surface area contributed by atoms with E-state index in [1.807, 2.05) is 25.1 Å². The Balaban J connectivity index is 2.07. The maximum atomic E-state index is 10.3. The van der Waals surface area contributed by atoms with Crippen LogP contribution >= 0.6 is 0 Å². The van der Waals surface area contributed by atoms with Crippen molar-refractivity contribution in [3.05, 3.63) is 30.3 Å². The first-order valence-electron chi connectivity index (χ1n) is 5.70. The van der Waals surface area contributed by atoms with Crippen LogP contribution in [-0.4, -0.2) is 36.9 Å². The third-order valence-electron chi connectivity index (χ3n) is 3.19.